The zero-order valence-corrected chi connectivity index (χ0v) is 15.1. The molecule has 21 heavy (non-hydrogen) atoms. The fraction of sp³-hybridized carbons (Fsp3) is 0.500. The summed E-state index contributed by atoms with van der Waals surface area (Å²) in [4.78, 5) is 4.75. The molecule has 2 nitrogen and oxygen atoms in total. The molecule has 0 aliphatic heterocycles. The van der Waals surface area contributed by atoms with Gasteiger partial charge in [0.2, 0.25) is 0 Å². The highest BCUT2D eigenvalue weighted by atomic mass is 31.2. The van der Waals surface area contributed by atoms with E-state index in [1.807, 2.05) is 13.3 Å². The molecule has 0 spiro atoms. The van der Waals surface area contributed by atoms with Gasteiger partial charge in [0.05, 0.1) is 5.52 Å². The van der Waals surface area contributed by atoms with Gasteiger partial charge in [-0.1, -0.05) is 46.8 Å². The molecule has 1 aromatic heterocycles. The molecule has 0 bridgehead atoms. The van der Waals surface area contributed by atoms with Crippen LogP contribution in [-0.4, -0.2) is 18.3 Å². The minimum atomic E-state index is -2.38. The summed E-state index contributed by atoms with van der Waals surface area (Å²) in [5.74, 6) is 0.398. The smallest absolute Gasteiger partial charge is 0.110 e. The van der Waals surface area contributed by atoms with Crippen LogP contribution in [-0.2, 0) is 9.98 Å². The number of aromatic nitrogens is 1. The molecule has 0 saturated carbocycles. The zero-order valence-electron chi connectivity index (χ0n) is 14.2. The van der Waals surface area contributed by atoms with Crippen LogP contribution in [0.3, 0.4) is 0 Å². The monoisotopic (exact) mass is 303 g/mol. The number of rotatable bonds is 2. The standard InChI is InChI=1S/C18H26NOP/c1-12(2)15-10-8-13-16(19-15)11-9-14(18(3,4)5)17(13)21(6,7)20/h8-12H,1-7H3. The van der Waals surface area contributed by atoms with Crippen molar-refractivity contribution in [3.63, 3.8) is 0 Å². The maximum absolute atomic E-state index is 12.9. The van der Waals surface area contributed by atoms with E-state index in [4.69, 9.17) is 4.98 Å². The molecule has 0 aliphatic rings. The average Bonchev–Trinajstić information content (AvgIpc) is 2.34. The van der Waals surface area contributed by atoms with Gasteiger partial charge < -0.3 is 4.57 Å². The topological polar surface area (TPSA) is 30.0 Å². The maximum atomic E-state index is 12.9. The molecular weight excluding hydrogens is 277 g/mol. The summed E-state index contributed by atoms with van der Waals surface area (Å²) < 4.78 is 12.9. The third-order valence-corrected chi connectivity index (χ3v) is 5.36. The van der Waals surface area contributed by atoms with Crippen molar-refractivity contribution in [2.45, 2.75) is 46.0 Å². The molecule has 0 radical (unpaired) electrons. The quantitative estimate of drug-likeness (QED) is 0.738. The van der Waals surface area contributed by atoms with Gasteiger partial charge >= 0.3 is 0 Å². The normalized spacial score (nSPS) is 13.1. The highest BCUT2D eigenvalue weighted by Gasteiger charge is 2.26. The largest absolute Gasteiger partial charge is 0.319 e. The average molecular weight is 303 g/mol. The molecule has 1 aromatic carbocycles. The molecule has 0 atom stereocenters. The van der Waals surface area contributed by atoms with Crippen molar-refractivity contribution in [3.8, 4) is 0 Å². The number of fused-ring (bicyclic) bond motifs is 1. The Morgan fingerprint density at radius 2 is 1.67 bits per heavy atom. The Balaban J connectivity index is 2.87. The Morgan fingerprint density at radius 3 is 2.14 bits per heavy atom. The van der Waals surface area contributed by atoms with Gasteiger partial charge in [-0.15, -0.1) is 0 Å². The summed E-state index contributed by atoms with van der Waals surface area (Å²) in [6.45, 7) is 14.5. The van der Waals surface area contributed by atoms with Gasteiger partial charge in [0.25, 0.3) is 0 Å². The molecule has 0 N–H and O–H groups in total. The molecule has 114 valence electrons. The van der Waals surface area contributed by atoms with Crippen LogP contribution in [0.5, 0.6) is 0 Å². The lowest BCUT2D eigenvalue weighted by molar-refractivity contribution is 0.581. The van der Waals surface area contributed by atoms with E-state index in [0.717, 1.165) is 21.9 Å². The molecule has 0 fully saturated rings. The third-order valence-electron chi connectivity index (χ3n) is 3.80. The van der Waals surface area contributed by atoms with Gasteiger partial charge in [0.1, 0.15) is 7.14 Å². The molecule has 2 aromatic rings. The van der Waals surface area contributed by atoms with Crippen LogP contribution in [0.4, 0.5) is 0 Å². The number of hydrogen-bond donors (Lipinski definition) is 0. The predicted octanol–water partition coefficient (Wildman–Crippen LogP) is 4.90. The SMILES string of the molecule is CC(C)c1ccc2c(P(C)(C)=O)c(C(C)(C)C)ccc2n1. The van der Waals surface area contributed by atoms with Crippen molar-refractivity contribution in [3.05, 3.63) is 35.5 Å². The fourth-order valence-corrected chi connectivity index (χ4v) is 4.47. The van der Waals surface area contributed by atoms with Crippen LogP contribution in [0.1, 0.15) is 51.8 Å². The fourth-order valence-electron chi connectivity index (χ4n) is 2.71. The van der Waals surface area contributed by atoms with Crippen LogP contribution in [0, 0.1) is 0 Å². The van der Waals surface area contributed by atoms with Gasteiger partial charge in [-0.3, -0.25) is 4.98 Å². The molecule has 0 aliphatic carbocycles. The van der Waals surface area contributed by atoms with Crippen molar-refractivity contribution >= 4 is 23.3 Å². The van der Waals surface area contributed by atoms with Gasteiger partial charge in [0.15, 0.2) is 0 Å². The van der Waals surface area contributed by atoms with Crippen LogP contribution in [0.25, 0.3) is 10.9 Å². The van der Waals surface area contributed by atoms with E-state index >= 15 is 0 Å². The highest BCUT2D eigenvalue weighted by molar-refractivity contribution is 7.70. The van der Waals surface area contributed by atoms with Gasteiger partial charge in [-0.2, -0.15) is 0 Å². The van der Waals surface area contributed by atoms with E-state index in [1.54, 1.807) is 0 Å². The highest BCUT2D eigenvalue weighted by Crippen LogP contribution is 2.42. The second-order valence-electron chi connectivity index (χ2n) is 7.52. The summed E-state index contributed by atoms with van der Waals surface area (Å²) in [6, 6.07) is 8.34. The first kappa shape index (κ1) is 16.2. The lowest BCUT2D eigenvalue weighted by atomic mass is 9.86. The van der Waals surface area contributed by atoms with E-state index in [9.17, 15) is 4.57 Å². The molecular formula is C18H26NOP. The summed E-state index contributed by atoms with van der Waals surface area (Å²) >= 11 is 0. The Hall–Kier alpha value is -1.14. The molecule has 2 rings (SSSR count). The molecule has 0 amide bonds. The van der Waals surface area contributed by atoms with E-state index in [1.165, 1.54) is 5.56 Å². The zero-order chi connectivity index (χ0) is 16.0. The summed E-state index contributed by atoms with van der Waals surface area (Å²) in [5, 5.41) is 2.04. The lowest BCUT2D eigenvalue weighted by Crippen LogP contribution is -2.23. The van der Waals surface area contributed by atoms with Crippen molar-refractivity contribution in [1.29, 1.82) is 0 Å². The Labute approximate surface area is 128 Å². The Morgan fingerprint density at radius 1 is 1.05 bits per heavy atom. The maximum Gasteiger partial charge on any atom is 0.110 e. The Bertz CT molecular complexity index is 720. The van der Waals surface area contributed by atoms with E-state index < -0.39 is 7.14 Å². The van der Waals surface area contributed by atoms with Crippen LogP contribution in [0.2, 0.25) is 0 Å². The molecule has 0 unspecified atom stereocenters. The van der Waals surface area contributed by atoms with Crippen molar-refractivity contribution < 1.29 is 4.57 Å². The second-order valence-corrected chi connectivity index (χ2v) is 10.7. The van der Waals surface area contributed by atoms with Crippen LogP contribution < -0.4 is 5.30 Å². The van der Waals surface area contributed by atoms with Gasteiger partial charge in [0, 0.05) is 16.4 Å². The van der Waals surface area contributed by atoms with Gasteiger partial charge in [-0.25, -0.2) is 0 Å². The molecule has 1 heterocycles. The first-order chi connectivity index (χ1) is 9.51. The number of pyridine rings is 1. The summed E-state index contributed by atoms with van der Waals surface area (Å²) in [7, 11) is -2.38. The van der Waals surface area contributed by atoms with Gasteiger partial charge in [-0.05, 0) is 42.4 Å². The summed E-state index contributed by atoms with van der Waals surface area (Å²) in [6.07, 6.45) is 0. The van der Waals surface area contributed by atoms with E-state index in [-0.39, 0.29) is 5.41 Å². The molecule has 3 heteroatoms. The summed E-state index contributed by atoms with van der Waals surface area (Å²) in [5.41, 5.74) is 3.18. The number of benzene rings is 1. The number of nitrogens with zero attached hydrogens (tertiary/aromatic N) is 1. The Kier molecular flexibility index (Phi) is 4.06. The van der Waals surface area contributed by atoms with Crippen LogP contribution >= 0.6 is 7.14 Å². The van der Waals surface area contributed by atoms with E-state index in [2.05, 4.69) is 58.9 Å². The molecule has 0 saturated heterocycles. The third kappa shape index (κ3) is 3.21. The first-order valence-electron chi connectivity index (χ1n) is 7.51. The van der Waals surface area contributed by atoms with E-state index in [0.29, 0.717) is 5.92 Å². The van der Waals surface area contributed by atoms with Crippen molar-refractivity contribution in [2.24, 2.45) is 0 Å². The number of hydrogen-bond acceptors (Lipinski definition) is 2. The van der Waals surface area contributed by atoms with Crippen LogP contribution in [0.15, 0.2) is 24.3 Å². The lowest BCUT2D eigenvalue weighted by Gasteiger charge is -2.26. The minimum Gasteiger partial charge on any atom is -0.319 e. The first-order valence-corrected chi connectivity index (χ1v) is 10.1. The second kappa shape index (κ2) is 5.25. The minimum absolute atomic E-state index is 0.0259. The van der Waals surface area contributed by atoms with Crippen molar-refractivity contribution in [1.82, 2.24) is 4.98 Å². The van der Waals surface area contributed by atoms with Crippen molar-refractivity contribution in [2.75, 3.05) is 13.3 Å². The predicted molar refractivity (Wildman–Crippen MR) is 93.6 cm³/mol.